The number of carbonyl (C=O) groups is 1. The molecule has 0 radical (unpaired) electrons. The van der Waals surface area contributed by atoms with Crippen molar-refractivity contribution in [2.75, 3.05) is 24.8 Å². The number of benzene rings is 1. The highest BCUT2D eigenvalue weighted by Gasteiger charge is 2.17. The number of nitrogens with zero attached hydrogens (tertiary/aromatic N) is 3. The van der Waals surface area contributed by atoms with Gasteiger partial charge in [-0.1, -0.05) is 6.07 Å². The standard InChI is InChI=1S/C21H20N4O3S/c26-20(23-11-14-3-4-17-18(9-14)28-13-27-17)16-12-29-21(24-16)15-5-6-22-19(10-15)25-7-1-2-8-25/h3-6,9-10,12H,1-2,7-8,11,13H2,(H,23,26). The van der Waals surface area contributed by atoms with Crippen LogP contribution in [0.3, 0.4) is 0 Å². The van der Waals surface area contributed by atoms with Gasteiger partial charge in [0, 0.05) is 36.8 Å². The number of ether oxygens (including phenoxy) is 2. The number of nitrogens with one attached hydrogen (secondary N) is 1. The Morgan fingerprint density at radius 1 is 1.14 bits per heavy atom. The second kappa shape index (κ2) is 7.71. The van der Waals surface area contributed by atoms with E-state index in [1.54, 1.807) is 5.38 Å². The van der Waals surface area contributed by atoms with Crippen molar-refractivity contribution in [3.05, 3.63) is 53.2 Å². The van der Waals surface area contributed by atoms with Gasteiger partial charge in [0.1, 0.15) is 16.5 Å². The molecule has 2 aliphatic rings. The van der Waals surface area contributed by atoms with Gasteiger partial charge >= 0.3 is 0 Å². The van der Waals surface area contributed by atoms with Gasteiger partial charge in [0.15, 0.2) is 11.5 Å². The van der Waals surface area contributed by atoms with Crippen molar-refractivity contribution in [2.24, 2.45) is 0 Å². The second-order valence-electron chi connectivity index (χ2n) is 7.01. The summed E-state index contributed by atoms with van der Waals surface area (Å²) in [5.74, 6) is 2.22. The SMILES string of the molecule is O=C(NCc1ccc2c(c1)OCO2)c1csc(-c2ccnc(N3CCCC3)c2)n1. The fourth-order valence-electron chi connectivity index (χ4n) is 3.51. The number of pyridine rings is 1. The Kier molecular flexibility index (Phi) is 4.77. The lowest BCUT2D eigenvalue weighted by molar-refractivity contribution is 0.0946. The topological polar surface area (TPSA) is 76.6 Å². The molecule has 4 heterocycles. The highest BCUT2D eigenvalue weighted by molar-refractivity contribution is 7.13. The lowest BCUT2D eigenvalue weighted by Gasteiger charge is -2.16. The van der Waals surface area contributed by atoms with E-state index in [0.29, 0.717) is 18.0 Å². The van der Waals surface area contributed by atoms with Gasteiger partial charge in [-0.3, -0.25) is 4.79 Å². The fourth-order valence-corrected chi connectivity index (χ4v) is 4.30. The summed E-state index contributed by atoms with van der Waals surface area (Å²) < 4.78 is 10.7. The highest BCUT2D eigenvalue weighted by atomic mass is 32.1. The van der Waals surface area contributed by atoms with Crippen LogP contribution in [-0.2, 0) is 6.54 Å². The molecule has 1 fully saturated rings. The van der Waals surface area contributed by atoms with Crippen molar-refractivity contribution >= 4 is 23.1 Å². The van der Waals surface area contributed by atoms with Crippen LogP contribution < -0.4 is 19.7 Å². The van der Waals surface area contributed by atoms with Crippen LogP contribution in [0.25, 0.3) is 10.6 Å². The minimum Gasteiger partial charge on any atom is -0.454 e. The molecule has 7 nitrogen and oxygen atoms in total. The van der Waals surface area contributed by atoms with E-state index in [1.165, 1.54) is 24.2 Å². The molecule has 1 N–H and O–H groups in total. The molecule has 0 saturated carbocycles. The Hall–Kier alpha value is -3.13. The normalized spacial score (nSPS) is 15.0. The van der Waals surface area contributed by atoms with Gasteiger partial charge in [-0.25, -0.2) is 9.97 Å². The number of fused-ring (bicyclic) bond motifs is 1. The first-order chi connectivity index (χ1) is 14.3. The molecule has 148 valence electrons. The average molecular weight is 408 g/mol. The first-order valence-electron chi connectivity index (χ1n) is 9.60. The highest BCUT2D eigenvalue weighted by Crippen LogP contribution is 2.32. The zero-order valence-electron chi connectivity index (χ0n) is 15.8. The van der Waals surface area contributed by atoms with Crippen LogP contribution in [0.1, 0.15) is 28.9 Å². The predicted octanol–water partition coefficient (Wildman–Crippen LogP) is 3.46. The first-order valence-corrected chi connectivity index (χ1v) is 10.5. The van der Waals surface area contributed by atoms with E-state index >= 15 is 0 Å². The number of carbonyl (C=O) groups excluding carboxylic acids is 1. The van der Waals surface area contributed by atoms with Gasteiger partial charge in [0.2, 0.25) is 6.79 Å². The van der Waals surface area contributed by atoms with Crippen LogP contribution >= 0.6 is 11.3 Å². The van der Waals surface area contributed by atoms with Crippen LogP contribution in [0.4, 0.5) is 5.82 Å². The molecule has 8 heteroatoms. The zero-order chi connectivity index (χ0) is 19.6. The fraction of sp³-hybridized carbons (Fsp3) is 0.286. The molecule has 5 rings (SSSR count). The van der Waals surface area contributed by atoms with Crippen LogP contribution in [0.15, 0.2) is 41.9 Å². The summed E-state index contributed by atoms with van der Waals surface area (Å²) in [6.45, 7) is 2.72. The third-order valence-corrected chi connectivity index (χ3v) is 5.94. The minimum atomic E-state index is -0.195. The van der Waals surface area contributed by atoms with E-state index in [0.717, 1.165) is 40.8 Å². The molecule has 0 aliphatic carbocycles. The lowest BCUT2D eigenvalue weighted by atomic mass is 10.2. The molecule has 1 amide bonds. The maximum absolute atomic E-state index is 12.5. The van der Waals surface area contributed by atoms with E-state index in [4.69, 9.17) is 9.47 Å². The predicted molar refractivity (Wildman–Crippen MR) is 111 cm³/mol. The molecule has 2 aliphatic heterocycles. The van der Waals surface area contributed by atoms with Crippen molar-refractivity contribution in [2.45, 2.75) is 19.4 Å². The number of thiazole rings is 1. The summed E-state index contributed by atoms with van der Waals surface area (Å²) in [4.78, 5) is 23.8. The van der Waals surface area contributed by atoms with Crippen LogP contribution in [0.5, 0.6) is 11.5 Å². The Labute approximate surface area is 172 Å². The Bertz CT molecular complexity index is 1050. The summed E-state index contributed by atoms with van der Waals surface area (Å²) in [6, 6.07) is 9.64. The Balaban J connectivity index is 1.26. The largest absolute Gasteiger partial charge is 0.454 e. The molecule has 3 aromatic rings. The van der Waals surface area contributed by atoms with Gasteiger partial charge in [0.25, 0.3) is 5.91 Å². The number of amides is 1. The molecular formula is C21H20N4O3S. The van der Waals surface area contributed by atoms with Crippen LogP contribution in [0, 0.1) is 0 Å². The molecule has 0 atom stereocenters. The maximum atomic E-state index is 12.5. The molecule has 1 aromatic carbocycles. The van der Waals surface area contributed by atoms with Gasteiger partial charge in [0.05, 0.1) is 0 Å². The van der Waals surface area contributed by atoms with Gasteiger partial charge < -0.3 is 19.7 Å². The second-order valence-corrected chi connectivity index (χ2v) is 7.86. The number of rotatable bonds is 5. The van der Waals surface area contributed by atoms with Gasteiger partial charge in [-0.2, -0.15) is 0 Å². The molecule has 29 heavy (non-hydrogen) atoms. The van der Waals surface area contributed by atoms with Crippen LogP contribution in [0.2, 0.25) is 0 Å². The molecule has 1 saturated heterocycles. The summed E-state index contributed by atoms with van der Waals surface area (Å²) in [7, 11) is 0. The zero-order valence-corrected chi connectivity index (χ0v) is 16.6. The van der Waals surface area contributed by atoms with Crippen molar-refractivity contribution in [3.8, 4) is 22.1 Å². The molecule has 0 spiro atoms. The number of hydrogen-bond acceptors (Lipinski definition) is 7. The van der Waals surface area contributed by atoms with Gasteiger partial charge in [-0.15, -0.1) is 11.3 Å². The van der Waals surface area contributed by atoms with E-state index < -0.39 is 0 Å². The average Bonchev–Trinajstić information content (AvgIpc) is 3.53. The summed E-state index contributed by atoms with van der Waals surface area (Å²) in [5, 5.41) is 5.53. The molecule has 2 aromatic heterocycles. The van der Waals surface area contributed by atoms with Crippen molar-refractivity contribution in [3.63, 3.8) is 0 Å². The molecule has 0 unspecified atom stereocenters. The third kappa shape index (κ3) is 3.75. The molecular weight excluding hydrogens is 388 g/mol. The number of aromatic nitrogens is 2. The summed E-state index contributed by atoms with van der Waals surface area (Å²) in [6.07, 6.45) is 4.22. The third-order valence-electron chi connectivity index (χ3n) is 5.05. The lowest BCUT2D eigenvalue weighted by Crippen LogP contribution is -2.23. The number of anilines is 1. The number of hydrogen-bond donors (Lipinski definition) is 1. The van der Waals surface area contributed by atoms with E-state index in [9.17, 15) is 4.79 Å². The van der Waals surface area contributed by atoms with Crippen molar-refractivity contribution < 1.29 is 14.3 Å². The van der Waals surface area contributed by atoms with Crippen molar-refractivity contribution in [1.82, 2.24) is 15.3 Å². The van der Waals surface area contributed by atoms with E-state index in [1.807, 2.05) is 30.5 Å². The van der Waals surface area contributed by atoms with E-state index in [-0.39, 0.29) is 12.7 Å². The smallest absolute Gasteiger partial charge is 0.271 e. The van der Waals surface area contributed by atoms with Crippen molar-refractivity contribution in [1.29, 1.82) is 0 Å². The maximum Gasteiger partial charge on any atom is 0.271 e. The Morgan fingerprint density at radius 2 is 2.00 bits per heavy atom. The minimum absolute atomic E-state index is 0.195. The monoisotopic (exact) mass is 408 g/mol. The quantitative estimate of drug-likeness (QED) is 0.697. The van der Waals surface area contributed by atoms with E-state index in [2.05, 4.69) is 26.3 Å². The Morgan fingerprint density at radius 3 is 2.90 bits per heavy atom. The molecule has 0 bridgehead atoms. The van der Waals surface area contributed by atoms with Crippen LogP contribution in [-0.4, -0.2) is 35.8 Å². The summed E-state index contributed by atoms with van der Waals surface area (Å²) >= 11 is 1.47. The summed E-state index contributed by atoms with van der Waals surface area (Å²) in [5.41, 5.74) is 2.36. The van der Waals surface area contributed by atoms with Gasteiger partial charge in [-0.05, 0) is 42.7 Å². The first kappa shape index (κ1) is 17.9.